The fraction of sp³-hybridized carbons (Fsp3) is 0.0714. The van der Waals surface area contributed by atoms with Gasteiger partial charge in [0.05, 0.1) is 16.8 Å². The lowest BCUT2D eigenvalue weighted by Gasteiger charge is -2.09. The number of amides is 1. The summed E-state index contributed by atoms with van der Waals surface area (Å²) in [7, 11) is -3.37. The molecule has 2 N–H and O–H groups in total. The Balaban J connectivity index is 2.16. The van der Waals surface area contributed by atoms with E-state index in [9.17, 15) is 17.6 Å². The molecule has 0 radical (unpaired) electrons. The molecule has 1 amide bonds. The molecule has 22 heavy (non-hydrogen) atoms. The van der Waals surface area contributed by atoms with Crippen LogP contribution >= 0.6 is 11.6 Å². The Morgan fingerprint density at radius 3 is 2.23 bits per heavy atom. The zero-order valence-corrected chi connectivity index (χ0v) is 13.0. The van der Waals surface area contributed by atoms with Crippen molar-refractivity contribution in [3.63, 3.8) is 0 Å². The van der Waals surface area contributed by atoms with E-state index in [0.29, 0.717) is 11.4 Å². The van der Waals surface area contributed by atoms with Crippen molar-refractivity contribution in [1.29, 1.82) is 0 Å². The molecule has 0 bridgehead atoms. The van der Waals surface area contributed by atoms with Crippen molar-refractivity contribution in [2.75, 3.05) is 16.3 Å². The Labute approximate surface area is 132 Å². The Morgan fingerprint density at radius 1 is 1.09 bits per heavy atom. The third kappa shape index (κ3) is 4.19. The lowest BCUT2D eigenvalue weighted by Crippen LogP contribution is -2.14. The van der Waals surface area contributed by atoms with Crippen molar-refractivity contribution in [3.8, 4) is 0 Å². The molecule has 0 unspecified atom stereocenters. The third-order valence-corrected chi connectivity index (χ3v) is 3.56. The van der Waals surface area contributed by atoms with Crippen LogP contribution in [0.1, 0.15) is 10.4 Å². The standard InChI is InChI=1S/C14H12ClFN2O3S/c1-22(20,21)18-10-7-5-9(6-8-10)17-14(19)13-11(15)3-2-4-12(13)16/h2-8,18H,1H3,(H,17,19). The lowest BCUT2D eigenvalue weighted by molar-refractivity contribution is 0.102. The number of benzene rings is 2. The van der Waals surface area contributed by atoms with Gasteiger partial charge in [-0.05, 0) is 36.4 Å². The summed E-state index contributed by atoms with van der Waals surface area (Å²) in [5.41, 5.74) is 0.482. The van der Waals surface area contributed by atoms with E-state index in [1.807, 2.05) is 0 Å². The first-order chi connectivity index (χ1) is 10.3. The van der Waals surface area contributed by atoms with Gasteiger partial charge in [0, 0.05) is 11.4 Å². The van der Waals surface area contributed by atoms with E-state index < -0.39 is 21.7 Å². The monoisotopic (exact) mass is 342 g/mol. The van der Waals surface area contributed by atoms with Gasteiger partial charge in [0.15, 0.2) is 0 Å². The average molecular weight is 343 g/mol. The van der Waals surface area contributed by atoms with Gasteiger partial charge in [0.1, 0.15) is 5.82 Å². The van der Waals surface area contributed by atoms with Crippen LogP contribution in [0.2, 0.25) is 5.02 Å². The highest BCUT2D eigenvalue weighted by Gasteiger charge is 2.15. The highest BCUT2D eigenvalue weighted by Crippen LogP contribution is 2.21. The largest absolute Gasteiger partial charge is 0.322 e. The van der Waals surface area contributed by atoms with Gasteiger partial charge in [-0.3, -0.25) is 9.52 Å². The van der Waals surface area contributed by atoms with Crippen LogP contribution in [0.25, 0.3) is 0 Å². The molecule has 0 saturated carbocycles. The highest BCUT2D eigenvalue weighted by atomic mass is 35.5. The summed E-state index contributed by atoms with van der Waals surface area (Å²) in [6.45, 7) is 0. The van der Waals surface area contributed by atoms with Crippen LogP contribution in [0, 0.1) is 5.82 Å². The van der Waals surface area contributed by atoms with Crippen LogP contribution in [0.15, 0.2) is 42.5 Å². The van der Waals surface area contributed by atoms with Gasteiger partial charge >= 0.3 is 0 Å². The van der Waals surface area contributed by atoms with E-state index in [4.69, 9.17) is 11.6 Å². The van der Waals surface area contributed by atoms with Crippen molar-refractivity contribution in [1.82, 2.24) is 0 Å². The van der Waals surface area contributed by atoms with Crippen LogP contribution in [-0.2, 0) is 10.0 Å². The third-order valence-electron chi connectivity index (χ3n) is 2.64. The summed E-state index contributed by atoms with van der Waals surface area (Å²) >= 11 is 5.81. The molecule has 8 heteroatoms. The van der Waals surface area contributed by atoms with Gasteiger partial charge in [-0.25, -0.2) is 12.8 Å². The quantitative estimate of drug-likeness (QED) is 0.896. The molecule has 0 atom stereocenters. The average Bonchev–Trinajstić information content (AvgIpc) is 2.39. The first kappa shape index (κ1) is 16.3. The number of sulfonamides is 1. The number of hydrogen-bond donors (Lipinski definition) is 2. The van der Waals surface area contributed by atoms with E-state index in [1.54, 1.807) is 0 Å². The Morgan fingerprint density at radius 2 is 1.68 bits per heavy atom. The summed E-state index contributed by atoms with van der Waals surface area (Å²) in [6.07, 6.45) is 1.03. The maximum atomic E-state index is 13.6. The fourth-order valence-corrected chi connectivity index (χ4v) is 2.56. The van der Waals surface area contributed by atoms with Gasteiger partial charge in [-0.15, -0.1) is 0 Å². The van der Waals surface area contributed by atoms with Crippen molar-refractivity contribution < 1.29 is 17.6 Å². The minimum atomic E-state index is -3.37. The van der Waals surface area contributed by atoms with E-state index in [-0.39, 0.29) is 10.6 Å². The van der Waals surface area contributed by atoms with Gasteiger partial charge < -0.3 is 5.32 Å². The van der Waals surface area contributed by atoms with Gasteiger partial charge in [0.2, 0.25) is 10.0 Å². The predicted molar refractivity (Wildman–Crippen MR) is 84.3 cm³/mol. The summed E-state index contributed by atoms with van der Waals surface area (Å²) in [4.78, 5) is 12.0. The van der Waals surface area contributed by atoms with Crippen molar-refractivity contribution in [2.24, 2.45) is 0 Å². The first-order valence-electron chi connectivity index (χ1n) is 6.09. The molecule has 0 aromatic heterocycles. The van der Waals surface area contributed by atoms with E-state index in [2.05, 4.69) is 10.0 Å². The zero-order valence-electron chi connectivity index (χ0n) is 11.4. The molecule has 5 nitrogen and oxygen atoms in total. The van der Waals surface area contributed by atoms with Crippen LogP contribution in [0.3, 0.4) is 0 Å². The summed E-state index contributed by atoms with van der Waals surface area (Å²) in [5.74, 6) is -1.41. The molecule has 2 aromatic rings. The van der Waals surface area contributed by atoms with Gasteiger partial charge in [-0.1, -0.05) is 17.7 Å². The van der Waals surface area contributed by atoms with Crippen molar-refractivity contribution in [2.45, 2.75) is 0 Å². The molecular formula is C14H12ClFN2O3S. The lowest BCUT2D eigenvalue weighted by atomic mass is 10.2. The Kier molecular flexibility index (Phi) is 4.68. The van der Waals surface area contributed by atoms with Crippen LogP contribution in [0.4, 0.5) is 15.8 Å². The number of nitrogens with one attached hydrogen (secondary N) is 2. The Hall–Kier alpha value is -2.12. The maximum absolute atomic E-state index is 13.6. The molecule has 0 saturated heterocycles. The van der Waals surface area contributed by atoms with E-state index in [0.717, 1.165) is 12.3 Å². The SMILES string of the molecule is CS(=O)(=O)Nc1ccc(NC(=O)c2c(F)cccc2Cl)cc1. The summed E-state index contributed by atoms with van der Waals surface area (Å²) in [6, 6.07) is 9.87. The van der Waals surface area contributed by atoms with E-state index in [1.165, 1.54) is 36.4 Å². The molecule has 2 aromatic carbocycles. The molecule has 0 aliphatic heterocycles. The van der Waals surface area contributed by atoms with Crippen molar-refractivity contribution >= 4 is 38.9 Å². The maximum Gasteiger partial charge on any atom is 0.260 e. The number of carbonyl (C=O) groups excluding carboxylic acids is 1. The second-order valence-electron chi connectivity index (χ2n) is 4.50. The fourth-order valence-electron chi connectivity index (χ4n) is 1.74. The molecule has 0 spiro atoms. The minimum Gasteiger partial charge on any atom is -0.322 e. The molecule has 0 aliphatic rings. The smallest absolute Gasteiger partial charge is 0.260 e. The van der Waals surface area contributed by atoms with E-state index >= 15 is 0 Å². The highest BCUT2D eigenvalue weighted by molar-refractivity contribution is 7.92. The summed E-state index contributed by atoms with van der Waals surface area (Å²) < 4.78 is 38.1. The number of rotatable bonds is 4. The van der Waals surface area contributed by atoms with Crippen molar-refractivity contribution in [3.05, 3.63) is 58.9 Å². The molecule has 116 valence electrons. The second kappa shape index (κ2) is 6.33. The first-order valence-corrected chi connectivity index (χ1v) is 8.36. The number of carbonyl (C=O) groups is 1. The molecule has 0 aliphatic carbocycles. The predicted octanol–water partition coefficient (Wildman–Crippen LogP) is 3.10. The topological polar surface area (TPSA) is 75.3 Å². The normalized spacial score (nSPS) is 11.0. The minimum absolute atomic E-state index is 0.00728. The van der Waals surface area contributed by atoms with Crippen LogP contribution in [-0.4, -0.2) is 20.6 Å². The molecular weight excluding hydrogens is 331 g/mol. The Bertz CT molecular complexity index is 787. The van der Waals surface area contributed by atoms with Gasteiger partial charge in [-0.2, -0.15) is 0 Å². The molecule has 2 rings (SSSR count). The summed E-state index contributed by atoms with van der Waals surface area (Å²) in [5, 5.41) is 2.50. The van der Waals surface area contributed by atoms with Crippen LogP contribution in [0.5, 0.6) is 0 Å². The second-order valence-corrected chi connectivity index (χ2v) is 6.66. The molecule has 0 fully saturated rings. The van der Waals surface area contributed by atoms with Gasteiger partial charge in [0.25, 0.3) is 5.91 Å². The zero-order chi connectivity index (χ0) is 16.3. The molecule has 0 heterocycles. The number of hydrogen-bond acceptors (Lipinski definition) is 3. The number of anilines is 2. The van der Waals surface area contributed by atoms with Crippen LogP contribution < -0.4 is 10.0 Å². The number of halogens is 2.